The van der Waals surface area contributed by atoms with Gasteiger partial charge in [-0.2, -0.15) is 0 Å². The molecule has 0 unspecified atom stereocenters. The van der Waals surface area contributed by atoms with Crippen molar-refractivity contribution < 1.29 is 10.0 Å². The minimum absolute atomic E-state index is 0.00156. The topological polar surface area (TPSA) is 75.4 Å². The maximum atomic E-state index is 10.9. The molecule has 108 valence electrons. The maximum Gasteiger partial charge on any atom is 0.276 e. The minimum atomic E-state index is -0.391. The summed E-state index contributed by atoms with van der Waals surface area (Å²) in [6.45, 7) is 0.544. The van der Waals surface area contributed by atoms with E-state index in [1.165, 1.54) is 6.07 Å². The van der Waals surface area contributed by atoms with Gasteiger partial charge in [-0.15, -0.1) is 0 Å². The number of nitrogens with one attached hydrogen (secondary N) is 1. The van der Waals surface area contributed by atoms with E-state index < -0.39 is 4.92 Å². The van der Waals surface area contributed by atoms with Crippen molar-refractivity contribution >= 4 is 17.5 Å². The van der Waals surface area contributed by atoms with E-state index in [1.54, 1.807) is 24.3 Å². The number of aliphatic hydroxyl groups excluding tert-OH is 1. The van der Waals surface area contributed by atoms with Crippen LogP contribution in [0.25, 0.3) is 6.08 Å². The van der Waals surface area contributed by atoms with Crippen LogP contribution in [0.4, 0.5) is 11.4 Å². The molecule has 0 saturated heterocycles. The van der Waals surface area contributed by atoms with E-state index in [-0.39, 0.29) is 12.3 Å². The van der Waals surface area contributed by atoms with Crippen LogP contribution < -0.4 is 5.32 Å². The zero-order valence-electron chi connectivity index (χ0n) is 11.4. The number of nitrogens with zero attached hydrogens (tertiary/aromatic N) is 1. The molecule has 0 fully saturated rings. The average molecular weight is 284 g/mol. The van der Waals surface area contributed by atoms with Crippen molar-refractivity contribution in [3.8, 4) is 0 Å². The lowest BCUT2D eigenvalue weighted by Gasteiger charge is -2.04. The van der Waals surface area contributed by atoms with E-state index in [4.69, 9.17) is 5.11 Å². The summed E-state index contributed by atoms with van der Waals surface area (Å²) in [6.07, 6.45) is 3.55. The molecule has 2 aromatic carbocycles. The summed E-state index contributed by atoms with van der Waals surface area (Å²) in [5, 5.41) is 23.1. The first-order valence-electron chi connectivity index (χ1n) is 6.54. The molecular weight excluding hydrogens is 268 g/mol. The molecule has 5 heteroatoms. The van der Waals surface area contributed by atoms with Gasteiger partial charge in [-0.3, -0.25) is 10.1 Å². The molecule has 0 bridgehead atoms. The number of para-hydroxylation sites is 1. The Hall–Kier alpha value is -2.66. The number of benzene rings is 2. The van der Waals surface area contributed by atoms with Gasteiger partial charge >= 0.3 is 0 Å². The van der Waals surface area contributed by atoms with Gasteiger partial charge in [0, 0.05) is 18.3 Å². The summed E-state index contributed by atoms with van der Waals surface area (Å²) in [5.74, 6) is 0. The first kappa shape index (κ1) is 14.7. The fraction of sp³-hybridized carbons (Fsp3) is 0.125. The van der Waals surface area contributed by atoms with Gasteiger partial charge in [-0.25, -0.2) is 0 Å². The van der Waals surface area contributed by atoms with E-state index >= 15 is 0 Å². The van der Waals surface area contributed by atoms with Crippen LogP contribution in [0, 0.1) is 10.1 Å². The highest BCUT2D eigenvalue weighted by molar-refractivity contribution is 5.61. The SMILES string of the molecule is O=[N+]([O-])c1ccccc1/C=C/CNc1cccc(CO)c1. The Bertz CT molecular complexity index is 653. The highest BCUT2D eigenvalue weighted by Gasteiger charge is 2.08. The monoisotopic (exact) mass is 284 g/mol. The van der Waals surface area contributed by atoms with Gasteiger partial charge in [0.1, 0.15) is 0 Å². The second-order valence-electron chi connectivity index (χ2n) is 4.46. The Morgan fingerprint density at radius 1 is 1.19 bits per heavy atom. The average Bonchev–Trinajstić information content (AvgIpc) is 2.52. The molecule has 0 spiro atoms. The lowest BCUT2D eigenvalue weighted by atomic mass is 10.1. The van der Waals surface area contributed by atoms with Crippen molar-refractivity contribution in [3.05, 3.63) is 75.8 Å². The predicted octanol–water partition coefficient (Wildman–Crippen LogP) is 3.21. The molecular formula is C16H16N2O3. The second kappa shape index (κ2) is 7.21. The third-order valence-electron chi connectivity index (χ3n) is 2.96. The Kier molecular flexibility index (Phi) is 5.06. The summed E-state index contributed by atoms with van der Waals surface area (Å²) in [4.78, 5) is 10.5. The lowest BCUT2D eigenvalue weighted by Crippen LogP contribution is -1.99. The number of hydrogen-bond donors (Lipinski definition) is 2. The number of rotatable bonds is 6. The first-order valence-corrected chi connectivity index (χ1v) is 6.54. The zero-order valence-corrected chi connectivity index (χ0v) is 11.4. The largest absolute Gasteiger partial charge is 0.392 e. The Labute approximate surface area is 122 Å². The number of anilines is 1. The van der Waals surface area contributed by atoms with Crippen LogP contribution in [0.5, 0.6) is 0 Å². The summed E-state index contributed by atoms with van der Waals surface area (Å²) >= 11 is 0. The molecule has 2 N–H and O–H groups in total. The van der Waals surface area contributed by atoms with Gasteiger partial charge in [0.05, 0.1) is 17.1 Å². The molecule has 0 radical (unpaired) electrons. The molecule has 5 nitrogen and oxygen atoms in total. The van der Waals surface area contributed by atoms with Crippen LogP contribution in [0.2, 0.25) is 0 Å². The van der Waals surface area contributed by atoms with Gasteiger partial charge in [0.25, 0.3) is 5.69 Å². The lowest BCUT2D eigenvalue weighted by molar-refractivity contribution is -0.385. The summed E-state index contributed by atoms with van der Waals surface area (Å²) in [5.41, 5.74) is 2.40. The number of nitro groups is 1. The first-order chi connectivity index (χ1) is 10.2. The number of aliphatic hydroxyl groups is 1. The van der Waals surface area contributed by atoms with Crippen molar-refractivity contribution in [3.63, 3.8) is 0 Å². The normalized spacial score (nSPS) is 10.7. The zero-order chi connectivity index (χ0) is 15.1. The highest BCUT2D eigenvalue weighted by Crippen LogP contribution is 2.19. The van der Waals surface area contributed by atoms with E-state index in [0.29, 0.717) is 12.1 Å². The van der Waals surface area contributed by atoms with Crippen LogP contribution in [0.1, 0.15) is 11.1 Å². The smallest absolute Gasteiger partial charge is 0.276 e. The van der Waals surface area contributed by atoms with Gasteiger partial charge in [0.15, 0.2) is 0 Å². The Morgan fingerprint density at radius 3 is 2.76 bits per heavy atom. The highest BCUT2D eigenvalue weighted by atomic mass is 16.6. The van der Waals surface area contributed by atoms with Gasteiger partial charge in [-0.1, -0.05) is 36.4 Å². The van der Waals surface area contributed by atoms with Crippen LogP contribution in [0.3, 0.4) is 0 Å². The van der Waals surface area contributed by atoms with Gasteiger partial charge < -0.3 is 10.4 Å². The second-order valence-corrected chi connectivity index (χ2v) is 4.46. The van der Waals surface area contributed by atoms with E-state index in [9.17, 15) is 10.1 Å². The third kappa shape index (κ3) is 4.15. The molecule has 0 saturated carbocycles. The fourth-order valence-corrected chi connectivity index (χ4v) is 1.94. The van der Waals surface area contributed by atoms with Crippen molar-refractivity contribution in [1.29, 1.82) is 0 Å². The van der Waals surface area contributed by atoms with Crippen LogP contribution >= 0.6 is 0 Å². The molecule has 2 aromatic rings. The van der Waals surface area contributed by atoms with Crippen molar-refractivity contribution in [1.82, 2.24) is 0 Å². The van der Waals surface area contributed by atoms with E-state index in [2.05, 4.69) is 5.32 Å². The molecule has 2 rings (SSSR count). The minimum Gasteiger partial charge on any atom is -0.392 e. The maximum absolute atomic E-state index is 10.9. The fourth-order valence-electron chi connectivity index (χ4n) is 1.94. The standard InChI is InChI=1S/C16H16N2O3/c19-12-13-5-3-8-15(11-13)17-10-4-7-14-6-1-2-9-16(14)18(20)21/h1-9,11,17,19H,10,12H2/b7-4+. The molecule has 0 amide bonds. The van der Waals surface area contributed by atoms with Crippen LogP contribution in [-0.2, 0) is 6.61 Å². The molecule has 0 aromatic heterocycles. The quantitative estimate of drug-likeness (QED) is 0.631. The summed E-state index contributed by atoms with van der Waals surface area (Å²) in [7, 11) is 0. The van der Waals surface area contributed by atoms with Crippen molar-refractivity contribution in [2.24, 2.45) is 0 Å². The predicted molar refractivity (Wildman–Crippen MR) is 83.0 cm³/mol. The van der Waals surface area contributed by atoms with Gasteiger partial charge in [-0.05, 0) is 23.8 Å². The molecule has 21 heavy (non-hydrogen) atoms. The number of nitro benzene ring substituents is 1. The Morgan fingerprint density at radius 2 is 2.00 bits per heavy atom. The third-order valence-corrected chi connectivity index (χ3v) is 2.96. The summed E-state index contributed by atoms with van der Waals surface area (Å²) in [6, 6.07) is 14.1. The van der Waals surface area contributed by atoms with Crippen molar-refractivity contribution in [2.75, 3.05) is 11.9 Å². The van der Waals surface area contributed by atoms with Gasteiger partial charge in [0.2, 0.25) is 0 Å². The molecule has 0 aliphatic heterocycles. The number of hydrogen-bond acceptors (Lipinski definition) is 4. The van der Waals surface area contributed by atoms with Crippen LogP contribution in [0.15, 0.2) is 54.6 Å². The molecule has 0 aliphatic rings. The van der Waals surface area contributed by atoms with E-state index in [1.807, 2.05) is 30.3 Å². The molecule has 0 aliphatic carbocycles. The Balaban J connectivity index is 1.98. The van der Waals surface area contributed by atoms with E-state index in [0.717, 1.165) is 11.3 Å². The molecule has 0 atom stereocenters. The van der Waals surface area contributed by atoms with Crippen molar-refractivity contribution in [2.45, 2.75) is 6.61 Å². The van der Waals surface area contributed by atoms with Crippen LogP contribution in [-0.4, -0.2) is 16.6 Å². The molecule has 0 heterocycles. The summed E-state index contributed by atoms with van der Waals surface area (Å²) < 4.78 is 0.